The van der Waals surface area contributed by atoms with Gasteiger partial charge in [0.1, 0.15) is 12.2 Å². The van der Waals surface area contributed by atoms with Crippen LogP contribution in [0.4, 0.5) is 4.39 Å². The number of nitrogens with one attached hydrogen (secondary N) is 1. The molecule has 2 rings (SSSR count). The molecule has 0 unspecified atom stereocenters. The van der Waals surface area contributed by atoms with Crippen LogP contribution in [0.5, 0.6) is 0 Å². The molecular formula is C10H14FN3O8. The SMILES string of the molecule is O=c1ccn([C@]2(O)O[C@H](CO)[C@@H](O)[C@]2(O)N(O)CF)c(=O)[nH]1. The minimum Gasteiger partial charge on any atom is -0.394 e. The number of alkyl halides is 1. The predicted molar refractivity (Wildman–Crippen MR) is 64.0 cm³/mol. The lowest BCUT2D eigenvalue weighted by Gasteiger charge is -2.40. The van der Waals surface area contributed by atoms with Crippen molar-refractivity contribution in [1.29, 1.82) is 0 Å². The molecule has 0 radical (unpaired) electrons. The number of H-pyrrole nitrogens is 1. The number of rotatable bonds is 4. The predicted octanol–water partition coefficient (Wildman–Crippen LogP) is -3.80. The standard InChI is InChI=1S/C10H14FN3O8/c11-4-14(21)9(19)7(17)5(3-15)22-10(9,20)13-2-1-6(16)12-8(13)18/h1-2,5,7,15,17,19-21H,3-4H2,(H,12,16,18)/t5-,7-,9-,10-/m1/s1. The average Bonchev–Trinajstić information content (AvgIpc) is 2.68. The van der Waals surface area contributed by atoms with Gasteiger partial charge in [0.15, 0.2) is 6.80 Å². The van der Waals surface area contributed by atoms with E-state index in [2.05, 4.69) is 0 Å². The highest BCUT2D eigenvalue weighted by Gasteiger charge is 2.70. The maximum atomic E-state index is 12.7. The van der Waals surface area contributed by atoms with Crippen molar-refractivity contribution in [3.63, 3.8) is 0 Å². The highest BCUT2D eigenvalue weighted by atomic mass is 19.1. The van der Waals surface area contributed by atoms with Crippen molar-refractivity contribution < 1.29 is 34.8 Å². The molecule has 0 spiro atoms. The molecule has 1 aliphatic rings. The van der Waals surface area contributed by atoms with Gasteiger partial charge in [-0.2, -0.15) is 0 Å². The molecule has 0 amide bonds. The third-order valence-corrected chi connectivity index (χ3v) is 3.40. The van der Waals surface area contributed by atoms with Gasteiger partial charge in [0, 0.05) is 12.3 Å². The molecule has 0 saturated carbocycles. The summed E-state index contributed by atoms with van der Waals surface area (Å²) in [6.07, 6.45) is -3.15. The van der Waals surface area contributed by atoms with Crippen molar-refractivity contribution >= 4 is 0 Å². The van der Waals surface area contributed by atoms with E-state index in [1.54, 1.807) is 4.98 Å². The first-order valence-corrected chi connectivity index (χ1v) is 5.98. The molecule has 124 valence electrons. The Morgan fingerprint density at radius 1 is 1.45 bits per heavy atom. The maximum absolute atomic E-state index is 12.7. The number of hydrogen-bond acceptors (Lipinski definition) is 9. The van der Waals surface area contributed by atoms with E-state index in [4.69, 9.17) is 9.84 Å². The molecular weight excluding hydrogens is 309 g/mol. The molecule has 11 nitrogen and oxygen atoms in total. The van der Waals surface area contributed by atoms with Crippen molar-refractivity contribution in [3.8, 4) is 0 Å². The van der Waals surface area contributed by atoms with Crippen LogP contribution in [0, 0.1) is 0 Å². The van der Waals surface area contributed by atoms with Gasteiger partial charge >= 0.3 is 11.6 Å². The van der Waals surface area contributed by atoms with E-state index in [1.807, 2.05) is 0 Å². The number of halogens is 1. The van der Waals surface area contributed by atoms with E-state index in [-0.39, 0.29) is 4.57 Å². The smallest absolute Gasteiger partial charge is 0.332 e. The van der Waals surface area contributed by atoms with Gasteiger partial charge in [0.25, 0.3) is 5.56 Å². The number of hydrogen-bond donors (Lipinski definition) is 6. The van der Waals surface area contributed by atoms with E-state index in [0.29, 0.717) is 6.20 Å². The fourth-order valence-corrected chi connectivity index (χ4v) is 2.25. The number of aliphatic hydroxyl groups excluding tert-OH is 2. The molecule has 1 fully saturated rings. The van der Waals surface area contributed by atoms with Crippen LogP contribution >= 0.6 is 0 Å². The summed E-state index contributed by atoms with van der Waals surface area (Å²) < 4.78 is 17.8. The molecule has 0 bridgehead atoms. The summed E-state index contributed by atoms with van der Waals surface area (Å²) in [5.41, 5.74) is -5.35. The number of aromatic nitrogens is 2. The van der Waals surface area contributed by atoms with Crippen molar-refractivity contribution in [1.82, 2.24) is 14.6 Å². The zero-order chi connectivity index (χ0) is 16.7. The molecule has 2 heterocycles. The minimum absolute atomic E-state index is 0.228. The monoisotopic (exact) mass is 323 g/mol. The highest BCUT2D eigenvalue weighted by Crippen LogP contribution is 2.42. The number of aliphatic hydroxyl groups is 4. The van der Waals surface area contributed by atoms with E-state index in [1.165, 1.54) is 0 Å². The Bertz CT molecular complexity index is 664. The first-order chi connectivity index (χ1) is 10.2. The third-order valence-electron chi connectivity index (χ3n) is 3.40. The van der Waals surface area contributed by atoms with Crippen molar-refractivity contribution in [2.24, 2.45) is 0 Å². The summed E-state index contributed by atoms with van der Waals surface area (Å²) in [5, 5.41) is 48.8. The lowest BCUT2D eigenvalue weighted by atomic mass is 10.0. The Morgan fingerprint density at radius 3 is 2.59 bits per heavy atom. The lowest BCUT2D eigenvalue weighted by molar-refractivity contribution is -0.416. The largest absolute Gasteiger partial charge is 0.394 e. The molecule has 22 heavy (non-hydrogen) atoms. The number of aromatic amines is 1. The maximum Gasteiger partial charge on any atom is 0.332 e. The highest BCUT2D eigenvalue weighted by molar-refractivity contribution is 5.04. The molecule has 0 aromatic carbocycles. The van der Waals surface area contributed by atoms with Crippen LogP contribution in [-0.2, 0) is 10.6 Å². The topological polar surface area (TPSA) is 168 Å². The second-order valence-electron chi connectivity index (χ2n) is 4.62. The summed E-state index contributed by atoms with van der Waals surface area (Å²) in [7, 11) is 0. The van der Waals surface area contributed by atoms with Gasteiger partial charge in [-0.25, -0.2) is 13.8 Å². The van der Waals surface area contributed by atoms with Crippen molar-refractivity contribution in [2.75, 3.05) is 13.4 Å². The zero-order valence-corrected chi connectivity index (χ0v) is 11.0. The normalized spacial score (nSPS) is 35.2. The van der Waals surface area contributed by atoms with Crippen LogP contribution in [0.1, 0.15) is 0 Å². The minimum atomic E-state index is -3.24. The Labute approximate surface area is 121 Å². The van der Waals surface area contributed by atoms with Gasteiger partial charge in [-0.05, 0) is 0 Å². The van der Waals surface area contributed by atoms with Gasteiger partial charge in [0.2, 0.25) is 5.72 Å². The second kappa shape index (κ2) is 5.51. The van der Waals surface area contributed by atoms with E-state index < -0.39 is 53.6 Å². The van der Waals surface area contributed by atoms with Crippen LogP contribution in [0.3, 0.4) is 0 Å². The molecule has 1 aliphatic heterocycles. The van der Waals surface area contributed by atoms with Crippen LogP contribution in [-0.4, -0.2) is 71.6 Å². The number of nitrogens with zero attached hydrogens (tertiary/aromatic N) is 2. The molecule has 6 N–H and O–H groups in total. The quantitative estimate of drug-likeness (QED) is 0.185. The summed E-state index contributed by atoms with van der Waals surface area (Å²) in [6.45, 7) is -2.68. The summed E-state index contributed by atoms with van der Waals surface area (Å²) >= 11 is 0. The van der Waals surface area contributed by atoms with Gasteiger partial charge in [0.05, 0.1) is 6.61 Å². The zero-order valence-electron chi connectivity index (χ0n) is 11.0. The lowest BCUT2D eigenvalue weighted by Crippen LogP contribution is -2.68. The van der Waals surface area contributed by atoms with Crippen molar-refractivity contribution in [3.05, 3.63) is 33.1 Å². The van der Waals surface area contributed by atoms with Gasteiger partial charge in [-0.1, -0.05) is 0 Å². The molecule has 1 aromatic heterocycles. The van der Waals surface area contributed by atoms with Crippen LogP contribution < -0.4 is 11.2 Å². The molecule has 12 heteroatoms. The molecule has 4 atom stereocenters. The van der Waals surface area contributed by atoms with Gasteiger partial charge in [-0.3, -0.25) is 9.78 Å². The Morgan fingerprint density at radius 2 is 2.09 bits per heavy atom. The third kappa shape index (κ3) is 2.09. The van der Waals surface area contributed by atoms with Crippen LogP contribution in [0.2, 0.25) is 0 Å². The molecule has 0 aliphatic carbocycles. The Kier molecular flexibility index (Phi) is 4.18. The van der Waals surface area contributed by atoms with E-state index >= 15 is 0 Å². The van der Waals surface area contributed by atoms with Crippen LogP contribution in [0.25, 0.3) is 0 Å². The summed E-state index contributed by atoms with van der Waals surface area (Å²) in [5.74, 6) is -3.19. The Hall–Kier alpha value is -1.67. The van der Waals surface area contributed by atoms with Crippen molar-refractivity contribution in [2.45, 2.75) is 23.8 Å². The summed E-state index contributed by atoms with van der Waals surface area (Å²) in [4.78, 5) is 24.5. The molecule has 1 saturated heterocycles. The van der Waals surface area contributed by atoms with E-state index in [9.17, 15) is 34.5 Å². The number of hydroxylamine groups is 2. The van der Waals surface area contributed by atoms with Gasteiger partial charge < -0.3 is 30.4 Å². The Balaban J connectivity index is 2.67. The van der Waals surface area contributed by atoms with E-state index in [0.717, 1.165) is 6.07 Å². The first-order valence-electron chi connectivity index (χ1n) is 5.98. The average molecular weight is 323 g/mol. The fraction of sp³-hybridized carbons (Fsp3) is 0.600. The second-order valence-corrected chi connectivity index (χ2v) is 4.62. The fourth-order valence-electron chi connectivity index (χ4n) is 2.25. The van der Waals surface area contributed by atoms with Crippen LogP contribution in [0.15, 0.2) is 21.9 Å². The summed E-state index contributed by atoms with van der Waals surface area (Å²) in [6, 6.07) is 0.777. The first kappa shape index (κ1) is 16.7. The van der Waals surface area contributed by atoms with Gasteiger partial charge in [-0.15, -0.1) is 5.06 Å². The number of ether oxygens (including phenoxy) is 1. The molecule has 1 aromatic rings.